The van der Waals surface area contributed by atoms with Crippen LogP contribution in [0, 0.1) is 10.1 Å². The molecular formula is C24H21N2O5-. The summed E-state index contributed by atoms with van der Waals surface area (Å²) < 4.78 is 0. The molecule has 0 bridgehead atoms. The van der Waals surface area contributed by atoms with E-state index in [0.29, 0.717) is 6.42 Å². The van der Waals surface area contributed by atoms with E-state index in [1.807, 2.05) is 54.6 Å². The van der Waals surface area contributed by atoms with Crippen LogP contribution in [-0.2, 0) is 11.2 Å². The van der Waals surface area contributed by atoms with E-state index in [4.69, 9.17) is 0 Å². The number of carboxylic acids is 1. The number of carbonyl (C=O) groups excluding carboxylic acids is 2. The van der Waals surface area contributed by atoms with Crippen molar-refractivity contribution in [3.8, 4) is 11.1 Å². The van der Waals surface area contributed by atoms with Gasteiger partial charge in [0, 0.05) is 23.8 Å². The van der Waals surface area contributed by atoms with Crippen molar-refractivity contribution < 1.29 is 19.6 Å². The summed E-state index contributed by atoms with van der Waals surface area (Å²) >= 11 is 0. The number of amides is 1. The maximum absolute atomic E-state index is 12.6. The van der Waals surface area contributed by atoms with Gasteiger partial charge in [-0.3, -0.25) is 14.9 Å². The number of rotatable bonds is 8. The molecule has 0 saturated carbocycles. The first kappa shape index (κ1) is 21.7. The van der Waals surface area contributed by atoms with E-state index in [1.165, 1.54) is 25.1 Å². The number of benzene rings is 3. The zero-order valence-corrected chi connectivity index (χ0v) is 16.9. The molecule has 3 rings (SSSR count). The number of carbonyl (C=O) groups is 2. The van der Waals surface area contributed by atoms with Crippen LogP contribution in [0.4, 0.5) is 5.69 Å². The molecule has 0 spiro atoms. The Morgan fingerprint density at radius 3 is 2.35 bits per heavy atom. The zero-order chi connectivity index (χ0) is 22.4. The van der Waals surface area contributed by atoms with E-state index in [1.54, 1.807) is 0 Å². The predicted octanol–water partition coefficient (Wildman–Crippen LogP) is 3.63. The first-order chi connectivity index (χ1) is 14.9. The van der Waals surface area contributed by atoms with Crippen LogP contribution in [-0.4, -0.2) is 16.8 Å². The molecule has 0 saturated heterocycles. The van der Waals surface area contributed by atoms with Gasteiger partial charge < -0.3 is 15.2 Å². The lowest BCUT2D eigenvalue weighted by molar-refractivity contribution is -0.524. The molecular weight excluding hydrogens is 396 g/mol. The third kappa shape index (κ3) is 5.33. The van der Waals surface area contributed by atoms with Crippen molar-refractivity contribution in [2.24, 2.45) is 0 Å². The smallest absolute Gasteiger partial charge is 0.237 e. The number of hydrogen-bond acceptors (Lipinski definition) is 5. The van der Waals surface area contributed by atoms with E-state index in [9.17, 15) is 24.8 Å². The van der Waals surface area contributed by atoms with Crippen molar-refractivity contribution in [2.45, 2.75) is 25.8 Å². The zero-order valence-electron chi connectivity index (χ0n) is 16.9. The van der Waals surface area contributed by atoms with Gasteiger partial charge in [0.1, 0.15) is 0 Å². The Morgan fingerprint density at radius 2 is 1.68 bits per heavy atom. The highest BCUT2D eigenvalue weighted by molar-refractivity contribution is 5.94. The minimum Gasteiger partial charge on any atom is -0.545 e. The molecule has 0 aliphatic heterocycles. The number of nitrogens with one attached hydrogen (secondary N) is 1. The summed E-state index contributed by atoms with van der Waals surface area (Å²) in [5, 5.41) is 25.0. The van der Waals surface area contributed by atoms with Crippen LogP contribution in [0.5, 0.6) is 0 Å². The number of anilines is 1. The summed E-state index contributed by atoms with van der Waals surface area (Å²) in [6.45, 7) is 1.37. The molecule has 1 N–H and O–H groups in total. The number of nitro groups is 1. The Morgan fingerprint density at radius 1 is 1.00 bits per heavy atom. The summed E-state index contributed by atoms with van der Waals surface area (Å²) in [6, 6.07) is 20.2. The highest BCUT2D eigenvalue weighted by Crippen LogP contribution is 2.27. The lowest BCUT2D eigenvalue weighted by Crippen LogP contribution is -2.23. The predicted molar refractivity (Wildman–Crippen MR) is 115 cm³/mol. The van der Waals surface area contributed by atoms with E-state index in [-0.39, 0.29) is 29.1 Å². The van der Waals surface area contributed by atoms with Crippen molar-refractivity contribution in [2.75, 3.05) is 5.32 Å². The summed E-state index contributed by atoms with van der Waals surface area (Å²) in [7, 11) is 0. The number of hydrogen-bond donors (Lipinski definition) is 1. The molecule has 0 aliphatic carbocycles. The standard InChI is InChI=1S/C24H22N2O5/c1-16(26(30)31)20-13-11-19(24(28)29)15-22(20)25-23(27)14-12-18-9-5-6-10-21(18)17-7-3-2-4-8-17/h2-11,13,15-16H,12,14H2,1H3,(H,25,27)(H,28,29)/p-1. The number of carboxylic acid groups (broad SMARTS) is 1. The van der Waals surface area contributed by atoms with Gasteiger partial charge in [-0.05, 0) is 40.8 Å². The second-order valence-corrected chi connectivity index (χ2v) is 7.12. The van der Waals surface area contributed by atoms with Gasteiger partial charge in [0.2, 0.25) is 11.9 Å². The molecule has 31 heavy (non-hydrogen) atoms. The highest BCUT2D eigenvalue weighted by Gasteiger charge is 2.21. The van der Waals surface area contributed by atoms with Crippen LogP contribution in [0.1, 0.15) is 40.9 Å². The number of aryl methyl sites for hydroxylation is 1. The van der Waals surface area contributed by atoms with Gasteiger partial charge in [-0.15, -0.1) is 0 Å². The van der Waals surface area contributed by atoms with E-state index in [2.05, 4.69) is 5.32 Å². The number of nitrogens with zero attached hydrogens (tertiary/aromatic N) is 1. The van der Waals surface area contributed by atoms with E-state index in [0.717, 1.165) is 16.7 Å². The SMILES string of the molecule is CC(c1ccc(C(=O)[O-])cc1NC(=O)CCc1ccccc1-c1ccccc1)[N+](=O)[O-]. The fraction of sp³-hybridized carbons (Fsp3) is 0.167. The summed E-state index contributed by atoms with van der Waals surface area (Å²) in [5.41, 5.74) is 3.23. The van der Waals surface area contributed by atoms with Crippen molar-refractivity contribution in [3.63, 3.8) is 0 Å². The Hall–Kier alpha value is -4.00. The molecule has 0 aliphatic rings. The van der Waals surface area contributed by atoms with Gasteiger partial charge >= 0.3 is 0 Å². The molecule has 7 nitrogen and oxygen atoms in total. The normalized spacial score (nSPS) is 11.5. The number of aromatic carboxylic acids is 1. The molecule has 1 amide bonds. The van der Waals surface area contributed by atoms with Crippen LogP contribution < -0.4 is 10.4 Å². The molecule has 0 radical (unpaired) electrons. The lowest BCUT2D eigenvalue weighted by Gasteiger charge is -2.15. The van der Waals surface area contributed by atoms with Crippen molar-refractivity contribution >= 4 is 17.6 Å². The van der Waals surface area contributed by atoms with Crippen LogP contribution >= 0.6 is 0 Å². The Balaban J connectivity index is 1.78. The fourth-order valence-corrected chi connectivity index (χ4v) is 3.37. The molecule has 0 aromatic heterocycles. The average molecular weight is 417 g/mol. The van der Waals surface area contributed by atoms with Crippen LogP contribution in [0.25, 0.3) is 11.1 Å². The maximum Gasteiger partial charge on any atom is 0.237 e. The molecule has 1 atom stereocenters. The van der Waals surface area contributed by atoms with Crippen molar-refractivity contribution in [1.29, 1.82) is 0 Å². The molecule has 1 unspecified atom stereocenters. The largest absolute Gasteiger partial charge is 0.545 e. The monoisotopic (exact) mass is 417 g/mol. The van der Waals surface area contributed by atoms with E-state index >= 15 is 0 Å². The van der Waals surface area contributed by atoms with Gasteiger partial charge in [-0.25, -0.2) is 0 Å². The third-order valence-electron chi connectivity index (χ3n) is 5.05. The quantitative estimate of drug-likeness (QED) is 0.444. The molecule has 0 fully saturated rings. The molecule has 158 valence electrons. The van der Waals surface area contributed by atoms with Crippen molar-refractivity contribution in [1.82, 2.24) is 0 Å². The van der Waals surface area contributed by atoms with Gasteiger partial charge in [0.15, 0.2) is 0 Å². The van der Waals surface area contributed by atoms with Crippen LogP contribution in [0.3, 0.4) is 0 Å². The summed E-state index contributed by atoms with van der Waals surface area (Å²) in [6.07, 6.45) is 0.586. The molecule has 3 aromatic carbocycles. The third-order valence-corrected chi connectivity index (χ3v) is 5.05. The van der Waals surface area contributed by atoms with Crippen molar-refractivity contribution in [3.05, 3.63) is 99.6 Å². The second-order valence-electron chi connectivity index (χ2n) is 7.12. The van der Waals surface area contributed by atoms with Gasteiger partial charge in [0.25, 0.3) is 0 Å². The van der Waals surface area contributed by atoms with E-state index < -0.39 is 16.9 Å². The van der Waals surface area contributed by atoms with Gasteiger partial charge in [-0.2, -0.15) is 0 Å². The first-order valence-electron chi connectivity index (χ1n) is 9.78. The Labute approximate surface area is 179 Å². The maximum atomic E-state index is 12.6. The van der Waals surface area contributed by atoms with Gasteiger partial charge in [-0.1, -0.05) is 60.7 Å². The summed E-state index contributed by atoms with van der Waals surface area (Å²) in [4.78, 5) is 34.5. The van der Waals surface area contributed by atoms with Crippen LogP contribution in [0.15, 0.2) is 72.8 Å². The topological polar surface area (TPSA) is 112 Å². The first-order valence-corrected chi connectivity index (χ1v) is 9.78. The van der Waals surface area contributed by atoms with Crippen LogP contribution in [0.2, 0.25) is 0 Å². The Kier molecular flexibility index (Phi) is 6.77. The minimum atomic E-state index is -1.42. The minimum absolute atomic E-state index is 0.104. The highest BCUT2D eigenvalue weighted by atomic mass is 16.6. The average Bonchev–Trinajstić information content (AvgIpc) is 2.78. The lowest BCUT2D eigenvalue weighted by atomic mass is 9.96. The Bertz CT molecular complexity index is 1110. The summed E-state index contributed by atoms with van der Waals surface area (Å²) in [5.74, 6) is -1.79. The van der Waals surface area contributed by atoms with Gasteiger partial charge in [0.05, 0.1) is 11.7 Å². The molecule has 7 heteroatoms. The second kappa shape index (κ2) is 9.67. The fourth-order valence-electron chi connectivity index (χ4n) is 3.37. The molecule has 0 heterocycles. The molecule has 3 aromatic rings.